The highest BCUT2D eigenvalue weighted by molar-refractivity contribution is 4.92. The van der Waals surface area contributed by atoms with E-state index in [9.17, 15) is 0 Å². The van der Waals surface area contributed by atoms with Crippen molar-refractivity contribution in [3.63, 3.8) is 0 Å². The van der Waals surface area contributed by atoms with Crippen molar-refractivity contribution in [2.24, 2.45) is 23.6 Å². The van der Waals surface area contributed by atoms with Crippen LogP contribution in [0, 0.1) is 17.8 Å². The molecule has 2 aliphatic rings. The number of hydrogen-bond donors (Lipinski definition) is 2. The van der Waals surface area contributed by atoms with E-state index >= 15 is 0 Å². The molecule has 94 valence electrons. The maximum atomic E-state index is 5.67. The third-order valence-corrected chi connectivity index (χ3v) is 4.81. The Kier molecular flexibility index (Phi) is 4.22. The third-order valence-electron chi connectivity index (χ3n) is 4.81. The van der Waals surface area contributed by atoms with E-state index in [1.165, 1.54) is 32.1 Å². The maximum absolute atomic E-state index is 5.67. The smallest absolute Gasteiger partial charge is 0.0735 e. The average molecular weight is 226 g/mol. The second-order valence-electron chi connectivity index (χ2n) is 5.63. The molecule has 3 heteroatoms. The van der Waals surface area contributed by atoms with E-state index in [2.05, 4.69) is 12.3 Å². The monoisotopic (exact) mass is 226 g/mol. The van der Waals surface area contributed by atoms with Gasteiger partial charge in [-0.2, -0.15) is 0 Å². The summed E-state index contributed by atoms with van der Waals surface area (Å²) in [6, 6.07) is 0.333. The molecule has 16 heavy (non-hydrogen) atoms. The first-order valence-corrected chi connectivity index (χ1v) is 6.77. The first kappa shape index (κ1) is 12.3. The molecule has 0 saturated heterocycles. The van der Waals surface area contributed by atoms with Crippen molar-refractivity contribution < 1.29 is 4.74 Å². The lowest BCUT2D eigenvalue weighted by molar-refractivity contribution is 0.0529. The van der Waals surface area contributed by atoms with E-state index in [1.807, 2.05) is 0 Å². The van der Waals surface area contributed by atoms with Crippen LogP contribution in [0.3, 0.4) is 0 Å². The van der Waals surface area contributed by atoms with Gasteiger partial charge in [-0.1, -0.05) is 13.3 Å². The van der Waals surface area contributed by atoms with Gasteiger partial charge in [0.2, 0.25) is 0 Å². The molecule has 2 rings (SSSR count). The van der Waals surface area contributed by atoms with Crippen LogP contribution in [0.15, 0.2) is 0 Å². The van der Waals surface area contributed by atoms with E-state index in [-0.39, 0.29) is 6.10 Å². The number of hydrogen-bond acceptors (Lipinski definition) is 3. The Labute approximate surface area is 99.1 Å². The summed E-state index contributed by atoms with van der Waals surface area (Å²) >= 11 is 0. The minimum Gasteiger partial charge on any atom is -0.380 e. The Bertz CT molecular complexity index is 218. The Morgan fingerprint density at radius 1 is 1.38 bits per heavy atom. The predicted octanol–water partition coefficient (Wildman–Crippen LogP) is 2.07. The van der Waals surface area contributed by atoms with Crippen molar-refractivity contribution in [3.8, 4) is 0 Å². The molecule has 3 N–H and O–H groups in total. The summed E-state index contributed by atoms with van der Waals surface area (Å²) in [6.45, 7) is 2.17. The molecular weight excluding hydrogens is 200 g/mol. The quantitative estimate of drug-likeness (QED) is 0.538. The van der Waals surface area contributed by atoms with Crippen molar-refractivity contribution in [1.82, 2.24) is 5.43 Å². The number of hydrazine groups is 1. The summed E-state index contributed by atoms with van der Waals surface area (Å²) in [5.41, 5.74) is 2.97. The third kappa shape index (κ3) is 2.41. The van der Waals surface area contributed by atoms with Crippen molar-refractivity contribution in [2.45, 2.75) is 57.6 Å². The highest BCUT2D eigenvalue weighted by Crippen LogP contribution is 2.50. The predicted molar refractivity (Wildman–Crippen MR) is 65.8 cm³/mol. The molecule has 2 fully saturated rings. The highest BCUT2D eigenvalue weighted by atomic mass is 16.5. The van der Waals surface area contributed by atoms with Gasteiger partial charge < -0.3 is 4.74 Å². The first-order valence-electron chi connectivity index (χ1n) is 6.77. The van der Waals surface area contributed by atoms with Crippen LogP contribution in [0.2, 0.25) is 0 Å². The Balaban J connectivity index is 1.86. The maximum Gasteiger partial charge on any atom is 0.0735 e. The van der Waals surface area contributed by atoms with Gasteiger partial charge in [0.1, 0.15) is 0 Å². The lowest BCUT2D eigenvalue weighted by Crippen LogP contribution is -2.46. The zero-order chi connectivity index (χ0) is 11.5. The summed E-state index contributed by atoms with van der Waals surface area (Å²) in [5, 5.41) is 0. The van der Waals surface area contributed by atoms with Crippen LogP contribution in [0.1, 0.15) is 45.4 Å². The van der Waals surface area contributed by atoms with Crippen LogP contribution in [0.5, 0.6) is 0 Å². The van der Waals surface area contributed by atoms with Gasteiger partial charge in [0.25, 0.3) is 0 Å². The van der Waals surface area contributed by atoms with E-state index < -0.39 is 0 Å². The van der Waals surface area contributed by atoms with E-state index in [0.29, 0.717) is 6.04 Å². The molecule has 0 aromatic rings. The topological polar surface area (TPSA) is 47.3 Å². The summed E-state index contributed by atoms with van der Waals surface area (Å²) in [6.07, 6.45) is 8.34. The zero-order valence-corrected chi connectivity index (χ0v) is 10.6. The number of rotatable bonds is 6. The van der Waals surface area contributed by atoms with Crippen LogP contribution in [0.4, 0.5) is 0 Å². The summed E-state index contributed by atoms with van der Waals surface area (Å²) in [7, 11) is 1.79. The number of methoxy groups -OCH3 is 1. The average Bonchev–Trinajstić information content (AvgIpc) is 2.91. The van der Waals surface area contributed by atoms with Gasteiger partial charge >= 0.3 is 0 Å². The minimum atomic E-state index is 0.268. The normalized spacial score (nSPS) is 36.6. The molecular formula is C13H26N2O. The van der Waals surface area contributed by atoms with Gasteiger partial charge in [-0.3, -0.25) is 11.3 Å². The Morgan fingerprint density at radius 3 is 2.62 bits per heavy atom. The largest absolute Gasteiger partial charge is 0.380 e. The summed E-state index contributed by atoms with van der Waals surface area (Å²) in [5.74, 6) is 8.57. The van der Waals surface area contributed by atoms with E-state index in [0.717, 1.165) is 24.2 Å². The molecule has 0 aromatic carbocycles. The van der Waals surface area contributed by atoms with Crippen molar-refractivity contribution in [3.05, 3.63) is 0 Å². The Morgan fingerprint density at radius 2 is 2.19 bits per heavy atom. The molecule has 3 nitrogen and oxygen atoms in total. The molecule has 0 aromatic heterocycles. The van der Waals surface area contributed by atoms with Gasteiger partial charge in [-0.25, -0.2) is 0 Å². The second kappa shape index (κ2) is 5.48. The molecule has 2 bridgehead atoms. The molecule has 0 radical (unpaired) electrons. The highest BCUT2D eigenvalue weighted by Gasteiger charge is 2.40. The lowest BCUT2D eigenvalue weighted by atomic mass is 9.83. The molecule has 2 aliphatic carbocycles. The minimum absolute atomic E-state index is 0.268. The van der Waals surface area contributed by atoms with Crippen LogP contribution >= 0.6 is 0 Å². The molecule has 0 heterocycles. The summed E-state index contributed by atoms with van der Waals surface area (Å²) < 4.78 is 5.50. The summed E-state index contributed by atoms with van der Waals surface area (Å²) in [4.78, 5) is 0. The van der Waals surface area contributed by atoms with Crippen molar-refractivity contribution >= 4 is 0 Å². The van der Waals surface area contributed by atoms with Crippen LogP contribution < -0.4 is 11.3 Å². The van der Waals surface area contributed by atoms with Gasteiger partial charge in [-0.05, 0) is 49.9 Å². The standard InChI is InChI=1S/C13H26N2O/c1-3-13(16-2)12(15-14)8-11-7-9-4-5-10(11)6-9/h9-13,15H,3-8,14H2,1-2H3. The number of nitrogens with one attached hydrogen (secondary N) is 1. The van der Waals surface area contributed by atoms with Crippen LogP contribution in [0.25, 0.3) is 0 Å². The molecule has 0 aliphatic heterocycles. The fourth-order valence-electron chi connectivity index (χ4n) is 3.93. The number of ether oxygens (including phenoxy) is 1. The molecule has 5 unspecified atom stereocenters. The Hall–Kier alpha value is -0.120. The van der Waals surface area contributed by atoms with Gasteiger partial charge in [0.05, 0.1) is 6.10 Å². The zero-order valence-electron chi connectivity index (χ0n) is 10.6. The van der Waals surface area contributed by atoms with Gasteiger partial charge in [0, 0.05) is 13.2 Å². The SMILES string of the molecule is CCC(OC)C(CC1CC2CCC1C2)NN. The van der Waals surface area contributed by atoms with Crippen molar-refractivity contribution in [2.75, 3.05) is 7.11 Å². The number of fused-ring (bicyclic) bond motifs is 2. The van der Waals surface area contributed by atoms with E-state index in [1.54, 1.807) is 7.11 Å². The second-order valence-corrected chi connectivity index (χ2v) is 5.63. The fraction of sp³-hybridized carbons (Fsp3) is 1.00. The first-order chi connectivity index (χ1) is 7.78. The van der Waals surface area contributed by atoms with Gasteiger partial charge in [-0.15, -0.1) is 0 Å². The fourth-order valence-corrected chi connectivity index (χ4v) is 3.93. The molecule has 2 saturated carbocycles. The van der Waals surface area contributed by atoms with E-state index in [4.69, 9.17) is 10.6 Å². The van der Waals surface area contributed by atoms with Crippen LogP contribution in [-0.4, -0.2) is 19.3 Å². The molecule has 0 amide bonds. The number of nitrogens with two attached hydrogens (primary N) is 1. The molecule has 0 spiro atoms. The lowest BCUT2D eigenvalue weighted by Gasteiger charge is -2.30. The van der Waals surface area contributed by atoms with Crippen molar-refractivity contribution in [1.29, 1.82) is 0 Å². The van der Waals surface area contributed by atoms with Crippen LogP contribution in [-0.2, 0) is 4.74 Å². The van der Waals surface area contributed by atoms with Gasteiger partial charge in [0.15, 0.2) is 0 Å². The molecule has 5 atom stereocenters.